The average Bonchev–Trinajstić information content (AvgIpc) is 3.02. The van der Waals surface area contributed by atoms with Crippen molar-refractivity contribution in [1.82, 2.24) is 9.88 Å². The topological polar surface area (TPSA) is 85.8 Å². The minimum atomic E-state index is -1.15. The van der Waals surface area contributed by atoms with E-state index in [-0.39, 0.29) is 12.3 Å². The second-order valence-electron chi connectivity index (χ2n) is 5.45. The highest BCUT2D eigenvalue weighted by Gasteiger charge is 2.22. The van der Waals surface area contributed by atoms with Crippen molar-refractivity contribution in [3.05, 3.63) is 41.4 Å². The monoisotopic (exact) mass is 346 g/mol. The van der Waals surface area contributed by atoms with Gasteiger partial charge < -0.3 is 14.9 Å². The van der Waals surface area contributed by atoms with Crippen LogP contribution in [0.1, 0.15) is 5.69 Å². The first-order chi connectivity index (χ1) is 11.6. The summed E-state index contributed by atoms with van der Waals surface area (Å²) in [6.07, 6.45) is -0.956. The number of nitrogens with one attached hydrogen (secondary N) is 1. The number of amides is 2. The van der Waals surface area contributed by atoms with Crippen molar-refractivity contribution in [3.8, 4) is 0 Å². The molecule has 3 rings (SSSR count). The molecule has 0 bridgehead atoms. The van der Waals surface area contributed by atoms with Gasteiger partial charge in [0.2, 0.25) is 5.91 Å². The Kier molecular flexibility index (Phi) is 4.95. The molecule has 0 atom stereocenters. The van der Waals surface area contributed by atoms with Crippen LogP contribution in [0.3, 0.4) is 0 Å². The molecule has 2 amide bonds. The summed E-state index contributed by atoms with van der Waals surface area (Å²) >= 11 is 1.18. The zero-order valence-electron chi connectivity index (χ0n) is 13.0. The Balaban J connectivity index is 1.52. The zero-order valence-corrected chi connectivity index (χ0v) is 13.8. The summed E-state index contributed by atoms with van der Waals surface area (Å²) in [7, 11) is 0. The number of rotatable bonds is 4. The molecule has 1 aliphatic heterocycles. The van der Waals surface area contributed by atoms with Crippen LogP contribution in [0.2, 0.25) is 0 Å². The van der Waals surface area contributed by atoms with Crippen molar-refractivity contribution in [1.29, 1.82) is 0 Å². The molecule has 24 heavy (non-hydrogen) atoms. The molecular weight excluding hydrogens is 328 g/mol. The Hall–Kier alpha value is -2.61. The summed E-state index contributed by atoms with van der Waals surface area (Å²) in [6.45, 7) is 2.97. The number of thiazole rings is 1. The fraction of sp³-hybridized carbons (Fsp3) is 0.312. The van der Waals surface area contributed by atoms with E-state index >= 15 is 0 Å². The summed E-state index contributed by atoms with van der Waals surface area (Å²) in [5.41, 5.74) is 1.77. The minimum Gasteiger partial charge on any atom is -0.465 e. The standard InChI is InChI=1S/C16H18N4O3S/c21-14(10-12-11-24-15(17-12)18-16(22)23)20-8-6-19(7-9-20)13-4-2-1-3-5-13/h1-5,11H,6-10H2,(H,17,18)(H,22,23). The number of piperazine rings is 1. The van der Waals surface area contributed by atoms with Crippen LogP contribution in [0.25, 0.3) is 0 Å². The Bertz CT molecular complexity index is 711. The number of hydrogen-bond donors (Lipinski definition) is 2. The fourth-order valence-electron chi connectivity index (χ4n) is 2.66. The second-order valence-corrected chi connectivity index (χ2v) is 6.31. The molecule has 1 saturated heterocycles. The van der Waals surface area contributed by atoms with Gasteiger partial charge in [-0.25, -0.2) is 9.78 Å². The van der Waals surface area contributed by atoms with E-state index in [4.69, 9.17) is 5.11 Å². The molecule has 1 aromatic heterocycles. The predicted molar refractivity (Wildman–Crippen MR) is 92.7 cm³/mol. The largest absolute Gasteiger partial charge is 0.465 e. The highest BCUT2D eigenvalue weighted by molar-refractivity contribution is 7.13. The number of anilines is 2. The van der Waals surface area contributed by atoms with Gasteiger partial charge in [0.15, 0.2) is 5.13 Å². The molecular formula is C16H18N4O3S. The number of para-hydroxylation sites is 1. The van der Waals surface area contributed by atoms with Crippen molar-refractivity contribution in [2.75, 3.05) is 36.4 Å². The lowest BCUT2D eigenvalue weighted by Crippen LogP contribution is -2.49. The van der Waals surface area contributed by atoms with Crippen LogP contribution in [0, 0.1) is 0 Å². The van der Waals surface area contributed by atoms with Gasteiger partial charge in [-0.05, 0) is 12.1 Å². The summed E-state index contributed by atoms with van der Waals surface area (Å²) < 4.78 is 0. The van der Waals surface area contributed by atoms with E-state index in [1.165, 1.54) is 17.0 Å². The highest BCUT2D eigenvalue weighted by Crippen LogP contribution is 2.18. The van der Waals surface area contributed by atoms with Gasteiger partial charge in [0.1, 0.15) is 0 Å². The lowest BCUT2D eigenvalue weighted by molar-refractivity contribution is -0.130. The third-order valence-electron chi connectivity index (χ3n) is 3.85. The third kappa shape index (κ3) is 4.02. The van der Waals surface area contributed by atoms with Crippen molar-refractivity contribution < 1.29 is 14.7 Å². The first kappa shape index (κ1) is 16.3. The third-order valence-corrected chi connectivity index (χ3v) is 4.66. The van der Waals surface area contributed by atoms with Gasteiger partial charge >= 0.3 is 6.09 Å². The van der Waals surface area contributed by atoms with Crippen LogP contribution in [0.15, 0.2) is 35.7 Å². The van der Waals surface area contributed by atoms with Gasteiger partial charge in [0.05, 0.1) is 12.1 Å². The molecule has 1 aliphatic rings. The molecule has 1 aromatic carbocycles. The maximum atomic E-state index is 12.4. The number of aromatic nitrogens is 1. The molecule has 0 radical (unpaired) electrons. The van der Waals surface area contributed by atoms with E-state index in [2.05, 4.69) is 27.3 Å². The normalized spacial score (nSPS) is 14.5. The highest BCUT2D eigenvalue weighted by atomic mass is 32.1. The van der Waals surface area contributed by atoms with E-state index in [0.717, 1.165) is 13.1 Å². The SMILES string of the molecule is O=C(O)Nc1nc(CC(=O)N2CCN(c3ccccc3)CC2)cs1. The molecule has 126 valence electrons. The first-order valence-electron chi connectivity index (χ1n) is 7.64. The number of carbonyl (C=O) groups excluding carboxylic acids is 1. The van der Waals surface area contributed by atoms with E-state index < -0.39 is 6.09 Å². The molecule has 8 heteroatoms. The quantitative estimate of drug-likeness (QED) is 0.886. The van der Waals surface area contributed by atoms with Gasteiger partial charge in [-0.2, -0.15) is 0 Å². The van der Waals surface area contributed by atoms with Crippen LogP contribution in [0.4, 0.5) is 15.6 Å². The van der Waals surface area contributed by atoms with E-state index in [1.54, 1.807) is 5.38 Å². The summed E-state index contributed by atoms with van der Waals surface area (Å²) in [4.78, 5) is 31.2. The summed E-state index contributed by atoms with van der Waals surface area (Å²) in [5, 5.41) is 12.9. The number of carbonyl (C=O) groups is 2. The van der Waals surface area contributed by atoms with Gasteiger partial charge in [-0.1, -0.05) is 18.2 Å². The number of benzene rings is 1. The Morgan fingerprint density at radius 1 is 1.17 bits per heavy atom. The Morgan fingerprint density at radius 3 is 2.54 bits per heavy atom. The number of hydrogen-bond acceptors (Lipinski definition) is 5. The molecule has 1 fully saturated rings. The molecule has 0 aliphatic carbocycles. The lowest BCUT2D eigenvalue weighted by Gasteiger charge is -2.36. The fourth-order valence-corrected chi connectivity index (χ4v) is 3.36. The average molecular weight is 346 g/mol. The van der Waals surface area contributed by atoms with E-state index in [0.29, 0.717) is 23.9 Å². The van der Waals surface area contributed by atoms with Crippen LogP contribution in [0.5, 0.6) is 0 Å². The lowest BCUT2D eigenvalue weighted by atomic mass is 10.2. The molecule has 0 unspecified atom stereocenters. The maximum absolute atomic E-state index is 12.4. The van der Waals surface area contributed by atoms with Crippen LogP contribution in [-0.4, -0.2) is 53.2 Å². The predicted octanol–water partition coefficient (Wildman–Crippen LogP) is 2.12. The molecule has 0 saturated carbocycles. The van der Waals surface area contributed by atoms with E-state index in [1.807, 2.05) is 23.1 Å². The molecule has 7 nitrogen and oxygen atoms in total. The van der Waals surface area contributed by atoms with Gasteiger partial charge in [-0.3, -0.25) is 10.1 Å². The van der Waals surface area contributed by atoms with Crippen molar-refractivity contribution in [2.45, 2.75) is 6.42 Å². The minimum absolute atomic E-state index is 0.0230. The van der Waals surface area contributed by atoms with E-state index in [9.17, 15) is 9.59 Å². The summed E-state index contributed by atoms with van der Waals surface area (Å²) in [6, 6.07) is 10.2. The van der Waals surface area contributed by atoms with Crippen LogP contribution >= 0.6 is 11.3 Å². The van der Waals surface area contributed by atoms with Crippen molar-refractivity contribution in [2.24, 2.45) is 0 Å². The molecule has 2 N–H and O–H groups in total. The summed E-state index contributed by atoms with van der Waals surface area (Å²) in [5.74, 6) is 0.0230. The van der Waals surface area contributed by atoms with Crippen molar-refractivity contribution in [3.63, 3.8) is 0 Å². The first-order valence-corrected chi connectivity index (χ1v) is 8.52. The molecule has 2 heterocycles. The Morgan fingerprint density at radius 2 is 1.88 bits per heavy atom. The zero-order chi connectivity index (χ0) is 16.9. The van der Waals surface area contributed by atoms with Gasteiger partial charge in [-0.15, -0.1) is 11.3 Å². The Labute approximate surface area is 143 Å². The smallest absolute Gasteiger partial charge is 0.410 e. The van der Waals surface area contributed by atoms with Gasteiger partial charge in [0.25, 0.3) is 0 Å². The van der Waals surface area contributed by atoms with Crippen molar-refractivity contribution >= 4 is 34.2 Å². The van der Waals surface area contributed by atoms with Crippen LogP contribution < -0.4 is 10.2 Å². The molecule has 2 aromatic rings. The van der Waals surface area contributed by atoms with Gasteiger partial charge in [0, 0.05) is 37.2 Å². The second kappa shape index (κ2) is 7.31. The maximum Gasteiger partial charge on any atom is 0.410 e. The van der Waals surface area contributed by atoms with Crippen LogP contribution in [-0.2, 0) is 11.2 Å². The number of nitrogens with zero attached hydrogens (tertiary/aromatic N) is 3. The molecule has 0 spiro atoms. The number of carboxylic acid groups (broad SMARTS) is 1.